The van der Waals surface area contributed by atoms with E-state index in [4.69, 9.17) is 0 Å². The minimum absolute atomic E-state index is 0.124. The fraction of sp³-hybridized carbons (Fsp3) is 0.500. The van der Waals surface area contributed by atoms with Gasteiger partial charge in [-0.1, -0.05) is 26.0 Å². The number of aliphatic hydroxyl groups is 1. The van der Waals surface area contributed by atoms with Crippen molar-refractivity contribution in [2.75, 3.05) is 6.54 Å². The van der Waals surface area contributed by atoms with Crippen molar-refractivity contribution in [2.24, 2.45) is 5.92 Å². The molecule has 0 aliphatic carbocycles. The van der Waals surface area contributed by atoms with Gasteiger partial charge in [0.1, 0.15) is 5.82 Å². The minimum Gasteiger partial charge on any atom is -0.392 e. The van der Waals surface area contributed by atoms with E-state index in [-0.39, 0.29) is 18.0 Å². The summed E-state index contributed by atoms with van der Waals surface area (Å²) in [6.07, 6.45) is 4.32. The van der Waals surface area contributed by atoms with Gasteiger partial charge in [0.15, 0.2) is 0 Å². The molecule has 1 aliphatic heterocycles. The van der Waals surface area contributed by atoms with E-state index in [1.54, 1.807) is 0 Å². The van der Waals surface area contributed by atoms with Gasteiger partial charge in [-0.2, -0.15) is 5.10 Å². The van der Waals surface area contributed by atoms with E-state index in [1.165, 1.54) is 12.1 Å². The second kappa shape index (κ2) is 6.81. The Morgan fingerprint density at radius 2 is 2.04 bits per heavy atom. The fourth-order valence-electron chi connectivity index (χ4n) is 3.28. The lowest BCUT2D eigenvalue weighted by molar-refractivity contribution is 0.172. The van der Waals surface area contributed by atoms with Crippen molar-refractivity contribution in [3.63, 3.8) is 0 Å². The number of β-amino-alcohol motifs (C(OH)–C–C–N with tert-alkyl or cyclic N) is 1. The van der Waals surface area contributed by atoms with Gasteiger partial charge >= 0.3 is 0 Å². The van der Waals surface area contributed by atoms with E-state index in [0.717, 1.165) is 24.2 Å². The van der Waals surface area contributed by atoms with Crippen LogP contribution < -0.4 is 0 Å². The van der Waals surface area contributed by atoms with Gasteiger partial charge in [0.05, 0.1) is 12.3 Å². The minimum atomic E-state index is -0.337. The monoisotopic (exact) mass is 317 g/mol. The molecule has 5 heteroatoms. The zero-order valence-corrected chi connectivity index (χ0v) is 13.7. The van der Waals surface area contributed by atoms with E-state index < -0.39 is 0 Å². The van der Waals surface area contributed by atoms with E-state index in [0.29, 0.717) is 18.9 Å². The van der Waals surface area contributed by atoms with Gasteiger partial charge in [-0.15, -0.1) is 0 Å². The number of hydrogen-bond acceptors (Lipinski definition) is 3. The molecule has 0 radical (unpaired) electrons. The summed E-state index contributed by atoms with van der Waals surface area (Å²) in [6, 6.07) is 6.72. The van der Waals surface area contributed by atoms with E-state index in [9.17, 15) is 9.50 Å². The third-order valence-corrected chi connectivity index (χ3v) is 4.26. The van der Waals surface area contributed by atoms with Gasteiger partial charge < -0.3 is 5.11 Å². The molecule has 1 aliphatic rings. The van der Waals surface area contributed by atoms with Crippen LogP contribution in [0.4, 0.5) is 4.39 Å². The molecule has 1 N–H and O–H groups in total. The number of halogens is 1. The van der Waals surface area contributed by atoms with Crippen molar-refractivity contribution in [1.82, 2.24) is 14.7 Å². The molecule has 1 aromatic heterocycles. The van der Waals surface area contributed by atoms with Crippen LogP contribution in [0, 0.1) is 11.7 Å². The Bertz CT molecular complexity index is 638. The van der Waals surface area contributed by atoms with Crippen LogP contribution in [0.3, 0.4) is 0 Å². The molecular weight excluding hydrogens is 293 g/mol. The van der Waals surface area contributed by atoms with Crippen molar-refractivity contribution >= 4 is 0 Å². The second-order valence-corrected chi connectivity index (χ2v) is 6.85. The van der Waals surface area contributed by atoms with Gasteiger partial charge in [-0.25, -0.2) is 4.39 Å². The van der Waals surface area contributed by atoms with E-state index >= 15 is 0 Å². The van der Waals surface area contributed by atoms with Crippen molar-refractivity contribution in [3.05, 3.63) is 53.6 Å². The molecule has 0 spiro atoms. The Morgan fingerprint density at radius 1 is 1.30 bits per heavy atom. The van der Waals surface area contributed by atoms with Crippen LogP contribution in [0.2, 0.25) is 0 Å². The molecule has 0 bridgehead atoms. The summed E-state index contributed by atoms with van der Waals surface area (Å²) in [5.74, 6) is 0.331. The third kappa shape index (κ3) is 3.98. The van der Waals surface area contributed by atoms with Crippen LogP contribution in [0.25, 0.3) is 0 Å². The molecule has 23 heavy (non-hydrogen) atoms. The average Bonchev–Trinajstić information content (AvgIpc) is 3.06. The molecule has 0 amide bonds. The number of benzene rings is 1. The summed E-state index contributed by atoms with van der Waals surface area (Å²) < 4.78 is 15.1. The van der Waals surface area contributed by atoms with Crippen LogP contribution in [-0.2, 0) is 13.1 Å². The number of aromatic nitrogens is 2. The van der Waals surface area contributed by atoms with Gasteiger partial charge in [0, 0.05) is 37.4 Å². The second-order valence-electron chi connectivity index (χ2n) is 6.85. The molecule has 2 atom stereocenters. The summed E-state index contributed by atoms with van der Waals surface area (Å²) >= 11 is 0. The average molecular weight is 317 g/mol. The lowest BCUT2D eigenvalue weighted by Crippen LogP contribution is -2.24. The molecule has 3 rings (SSSR count). The Balaban J connectivity index is 1.72. The van der Waals surface area contributed by atoms with Gasteiger partial charge in [-0.3, -0.25) is 9.58 Å². The highest BCUT2D eigenvalue weighted by Crippen LogP contribution is 2.33. The number of aliphatic hydroxyl groups excluding tert-OH is 1. The Hall–Kier alpha value is -1.72. The summed E-state index contributed by atoms with van der Waals surface area (Å²) in [6.45, 7) is 6.63. The Kier molecular flexibility index (Phi) is 4.78. The molecule has 0 unspecified atom stereocenters. The summed E-state index contributed by atoms with van der Waals surface area (Å²) in [5, 5.41) is 14.5. The summed E-state index contributed by atoms with van der Waals surface area (Å²) in [5.41, 5.74) is 2.20. The molecule has 0 saturated carbocycles. The predicted molar refractivity (Wildman–Crippen MR) is 87.2 cm³/mol. The van der Waals surface area contributed by atoms with Crippen LogP contribution in [0.5, 0.6) is 0 Å². The molecular formula is C18H24FN3O. The first-order valence-corrected chi connectivity index (χ1v) is 8.20. The zero-order chi connectivity index (χ0) is 16.4. The molecule has 1 fully saturated rings. The standard InChI is InChI=1S/C18H24FN3O/c1-13(2)9-22-11-14(8-20-22)10-21-12-17(23)7-18(21)15-3-5-16(19)6-4-15/h3-6,8,11,13,17-18,23H,7,9-10,12H2,1-2H3/t17-,18+/m1/s1. The maximum Gasteiger partial charge on any atom is 0.123 e. The molecule has 124 valence electrons. The van der Waals surface area contributed by atoms with Crippen LogP contribution >= 0.6 is 0 Å². The maximum atomic E-state index is 13.1. The first-order valence-electron chi connectivity index (χ1n) is 8.20. The Labute approximate surface area is 136 Å². The lowest BCUT2D eigenvalue weighted by atomic mass is 10.0. The highest BCUT2D eigenvalue weighted by Gasteiger charge is 2.32. The van der Waals surface area contributed by atoms with Crippen LogP contribution in [0.1, 0.15) is 37.4 Å². The normalized spacial score (nSPS) is 22.1. The first-order chi connectivity index (χ1) is 11.0. The topological polar surface area (TPSA) is 41.3 Å². The number of hydrogen-bond donors (Lipinski definition) is 1. The third-order valence-electron chi connectivity index (χ3n) is 4.26. The molecule has 1 saturated heterocycles. The number of nitrogens with zero attached hydrogens (tertiary/aromatic N) is 3. The van der Waals surface area contributed by atoms with Gasteiger partial charge in [-0.05, 0) is 30.0 Å². The van der Waals surface area contributed by atoms with E-state index in [2.05, 4.69) is 30.0 Å². The van der Waals surface area contributed by atoms with Crippen molar-refractivity contribution in [2.45, 2.75) is 45.5 Å². The predicted octanol–water partition coefficient (Wildman–Crippen LogP) is 2.99. The largest absolute Gasteiger partial charge is 0.392 e. The molecule has 2 aromatic rings. The summed E-state index contributed by atoms with van der Waals surface area (Å²) in [4.78, 5) is 2.24. The van der Waals surface area contributed by atoms with Crippen LogP contribution in [-0.4, -0.2) is 32.4 Å². The molecule has 2 heterocycles. The smallest absolute Gasteiger partial charge is 0.123 e. The van der Waals surface area contributed by atoms with Crippen molar-refractivity contribution < 1.29 is 9.50 Å². The number of likely N-dealkylation sites (tertiary alicyclic amines) is 1. The SMILES string of the molecule is CC(C)Cn1cc(CN2C[C@H](O)C[C@H]2c2ccc(F)cc2)cn1. The lowest BCUT2D eigenvalue weighted by Gasteiger charge is -2.23. The van der Waals surface area contributed by atoms with Crippen molar-refractivity contribution in [3.8, 4) is 0 Å². The summed E-state index contributed by atoms with van der Waals surface area (Å²) in [7, 11) is 0. The highest BCUT2D eigenvalue weighted by molar-refractivity contribution is 5.22. The quantitative estimate of drug-likeness (QED) is 0.922. The molecule has 1 aromatic carbocycles. The van der Waals surface area contributed by atoms with Crippen molar-refractivity contribution in [1.29, 1.82) is 0 Å². The number of rotatable bonds is 5. The maximum absolute atomic E-state index is 13.1. The van der Waals surface area contributed by atoms with E-state index in [1.807, 2.05) is 23.0 Å². The van der Waals surface area contributed by atoms with Gasteiger partial charge in [0.2, 0.25) is 0 Å². The first kappa shape index (κ1) is 16.1. The van der Waals surface area contributed by atoms with Gasteiger partial charge in [0.25, 0.3) is 0 Å². The zero-order valence-electron chi connectivity index (χ0n) is 13.7. The highest BCUT2D eigenvalue weighted by atomic mass is 19.1. The van der Waals surface area contributed by atoms with Crippen LogP contribution in [0.15, 0.2) is 36.7 Å². The molecule has 4 nitrogen and oxygen atoms in total. The fourth-order valence-corrected chi connectivity index (χ4v) is 3.28. The Morgan fingerprint density at radius 3 is 2.74 bits per heavy atom.